The number of likely N-dealkylation sites (N-methyl/N-ethyl adjacent to an activating group) is 1. The number of nitrogens with one attached hydrogen (secondary N) is 1. The van der Waals surface area contributed by atoms with Gasteiger partial charge in [0.05, 0.1) is 13.2 Å². The SMILES string of the molecule is CN(C(=O)[C@@]12C[C@H]3OC(=O)[C@@H]1N(Cc1ccc(C=CCc4ccccc4O)cc1)O[C@@H]2[C@H]1OC(c2ccccc2)(c2ccccc2)O[C@H]13)[C@H](Cc1ccccc1)C(=O)NCCO. The number of para-hydroxylation sites is 1. The van der Waals surface area contributed by atoms with Gasteiger partial charge in [-0.1, -0.05) is 146 Å². The minimum absolute atomic E-state index is 0.00895. The van der Waals surface area contributed by atoms with Crippen LogP contribution in [0, 0.1) is 5.41 Å². The van der Waals surface area contributed by atoms with Crippen molar-refractivity contribution in [3.05, 3.63) is 179 Å². The summed E-state index contributed by atoms with van der Waals surface area (Å²) in [5.41, 5.74) is 3.31. The Bertz CT molecular complexity index is 2380. The number of esters is 1. The third kappa shape index (κ3) is 7.48. The van der Waals surface area contributed by atoms with Crippen LogP contribution in [0.25, 0.3) is 6.08 Å². The summed E-state index contributed by atoms with van der Waals surface area (Å²) in [4.78, 5) is 52.5. The van der Waals surface area contributed by atoms with Crippen molar-refractivity contribution >= 4 is 23.9 Å². The van der Waals surface area contributed by atoms with Crippen molar-refractivity contribution in [2.24, 2.45) is 5.41 Å². The number of carbonyl (C=O) groups excluding carboxylic acids is 3. The van der Waals surface area contributed by atoms with Crippen molar-refractivity contribution < 1.29 is 43.6 Å². The van der Waals surface area contributed by atoms with E-state index in [1.807, 2.05) is 140 Å². The number of aliphatic hydroxyl groups excluding tert-OH is 1. The monoisotopic (exact) mass is 835 g/mol. The molecule has 2 amide bonds. The van der Waals surface area contributed by atoms with Gasteiger partial charge in [-0.25, -0.2) is 0 Å². The summed E-state index contributed by atoms with van der Waals surface area (Å²) in [6.45, 7) is -0.131. The molecule has 9 rings (SSSR count). The number of hydroxylamine groups is 2. The number of hydrogen-bond acceptors (Lipinski definition) is 10. The molecular formula is C50H49N3O9. The van der Waals surface area contributed by atoms with E-state index in [9.17, 15) is 19.8 Å². The van der Waals surface area contributed by atoms with Crippen LogP contribution in [0.2, 0.25) is 0 Å². The minimum atomic E-state index is -1.55. The number of phenolic OH excluding ortho intramolecular Hbond substituents is 1. The van der Waals surface area contributed by atoms with Gasteiger partial charge < -0.3 is 34.6 Å². The van der Waals surface area contributed by atoms with Gasteiger partial charge >= 0.3 is 5.97 Å². The largest absolute Gasteiger partial charge is 0.508 e. The second kappa shape index (κ2) is 17.3. The van der Waals surface area contributed by atoms with Crippen LogP contribution in [0.4, 0.5) is 0 Å². The van der Waals surface area contributed by atoms with Gasteiger partial charge in [-0.2, -0.15) is 5.06 Å². The Morgan fingerprint density at radius 3 is 2.13 bits per heavy atom. The van der Waals surface area contributed by atoms with Crippen LogP contribution in [-0.4, -0.2) is 94.7 Å². The Kier molecular flexibility index (Phi) is 11.5. The highest BCUT2D eigenvalue weighted by molar-refractivity contribution is 5.96. The van der Waals surface area contributed by atoms with Crippen molar-refractivity contribution in [1.82, 2.24) is 15.3 Å². The Morgan fingerprint density at radius 2 is 1.47 bits per heavy atom. The molecule has 3 heterocycles. The molecule has 3 saturated heterocycles. The molecule has 7 atom stereocenters. The van der Waals surface area contributed by atoms with Crippen molar-refractivity contribution in [2.45, 2.75) is 68.1 Å². The Labute approximate surface area is 360 Å². The molecule has 2 bridgehead atoms. The second-order valence-corrected chi connectivity index (χ2v) is 16.4. The van der Waals surface area contributed by atoms with Crippen LogP contribution in [-0.2, 0) is 58.6 Å². The molecule has 0 unspecified atom stereocenters. The first kappa shape index (κ1) is 41.2. The van der Waals surface area contributed by atoms with Crippen LogP contribution >= 0.6 is 0 Å². The fourth-order valence-electron chi connectivity index (χ4n) is 9.60. The highest BCUT2D eigenvalue weighted by atomic mass is 16.8. The number of allylic oxidation sites excluding steroid dienone is 1. The number of hydrogen-bond donors (Lipinski definition) is 3. The molecule has 5 aromatic carbocycles. The molecule has 62 heavy (non-hydrogen) atoms. The van der Waals surface area contributed by atoms with E-state index < -0.39 is 65.5 Å². The zero-order chi connectivity index (χ0) is 42.8. The normalized spacial score (nSPS) is 25.2. The summed E-state index contributed by atoms with van der Waals surface area (Å²) in [6, 6.07) is 41.4. The zero-order valence-electron chi connectivity index (χ0n) is 34.3. The van der Waals surface area contributed by atoms with Gasteiger partial charge in [0.2, 0.25) is 17.6 Å². The van der Waals surface area contributed by atoms with E-state index in [1.165, 1.54) is 4.90 Å². The van der Waals surface area contributed by atoms with Crippen LogP contribution < -0.4 is 5.32 Å². The second-order valence-electron chi connectivity index (χ2n) is 16.4. The first-order valence-electron chi connectivity index (χ1n) is 21.0. The van der Waals surface area contributed by atoms with Gasteiger partial charge in [-0.05, 0) is 34.7 Å². The molecule has 1 saturated carbocycles. The first-order valence-corrected chi connectivity index (χ1v) is 21.0. The molecule has 1 aliphatic carbocycles. The molecule has 4 aliphatic rings. The van der Waals surface area contributed by atoms with E-state index in [0.717, 1.165) is 33.4 Å². The molecule has 3 aliphatic heterocycles. The maximum absolute atomic E-state index is 15.7. The van der Waals surface area contributed by atoms with E-state index in [1.54, 1.807) is 24.2 Å². The Balaban J connectivity index is 1.08. The van der Waals surface area contributed by atoms with Gasteiger partial charge in [0.1, 0.15) is 41.6 Å². The summed E-state index contributed by atoms with van der Waals surface area (Å²) >= 11 is 0. The minimum Gasteiger partial charge on any atom is -0.508 e. The highest BCUT2D eigenvalue weighted by Crippen LogP contribution is 2.59. The lowest BCUT2D eigenvalue weighted by molar-refractivity contribution is -0.214. The summed E-state index contributed by atoms with van der Waals surface area (Å²) in [7, 11) is 1.59. The lowest BCUT2D eigenvalue weighted by Gasteiger charge is -2.50. The lowest BCUT2D eigenvalue weighted by Crippen LogP contribution is -2.70. The van der Waals surface area contributed by atoms with E-state index in [2.05, 4.69) is 5.32 Å². The molecular weight excluding hydrogens is 787 g/mol. The predicted octanol–water partition coefficient (Wildman–Crippen LogP) is 5.31. The van der Waals surface area contributed by atoms with Gasteiger partial charge in [0.25, 0.3) is 0 Å². The molecule has 3 N–H and O–H groups in total. The summed E-state index contributed by atoms with van der Waals surface area (Å²) in [6.07, 6.45) is 1.17. The van der Waals surface area contributed by atoms with Crippen LogP contribution in [0.3, 0.4) is 0 Å². The fourth-order valence-corrected chi connectivity index (χ4v) is 9.60. The molecule has 318 valence electrons. The standard InChI is InChI=1S/C50H49N3O9/c1-52(39(46(56)51-28-29-54)30-34-14-5-2-6-15-34)48(58)49-31-41-42-43(61-50(60-42,37-19-7-3-8-20-37)38-21-9-4-10-22-38)45(49)62-53(44(49)47(57)59-41)32-35-26-24-33(25-27-35)16-13-18-36-17-11-12-23-40(36)55/h2-17,19-27,39,41-45,54-55H,18,28-32H2,1H3,(H,51,56)/t39-,41-,42+,43+,44+,45-,49+/m1/s1. The molecule has 0 spiro atoms. The van der Waals surface area contributed by atoms with E-state index in [-0.39, 0.29) is 38.3 Å². The number of aliphatic hydroxyl groups is 1. The number of amides is 2. The molecule has 5 aromatic rings. The van der Waals surface area contributed by atoms with Crippen LogP contribution in [0.5, 0.6) is 5.75 Å². The molecule has 12 nitrogen and oxygen atoms in total. The highest BCUT2D eigenvalue weighted by Gasteiger charge is 2.77. The first-order chi connectivity index (χ1) is 30.2. The lowest BCUT2D eigenvalue weighted by atomic mass is 9.62. The molecule has 0 aromatic heterocycles. The van der Waals surface area contributed by atoms with Crippen LogP contribution in [0.15, 0.2) is 146 Å². The number of aromatic hydroxyl groups is 1. The summed E-state index contributed by atoms with van der Waals surface area (Å²) in [5, 5.41) is 24.1. The van der Waals surface area contributed by atoms with Crippen molar-refractivity contribution in [1.29, 1.82) is 0 Å². The molecule has 4 fully saturated rings. The van der Waals surface area contributed by atoms with Crippen molar-refractivity contribution in [3.63, 3.8) is 0 Å². The van der Waals surface area contributed by atoms with Crippen molar-refractivity contribution in [3.8, 4) is 5.75 Å². The molecule has 0 radical (unpaired) electrons. The van der Waals surface area contributed by atoms with Crippen LogP contribution in [0.1, 0.15) is 39.8 Å². The summed E-state index contributed by atoms with van der Waals surface area (Å²) < 4.78 is 20.5. The van der Waals surface area contributed by atoms with Gasteiger partial charge in [-0.3, -0.25) is 19.2 Å². The number of rotatable bonds is 14. The topological polar surface area (TPSA) is 147 Å². The number of fused-ring (bicyclic) bond motifs is 4. The average Bonchev–Trinajstić information content (AvgIpc) is 3.89. The van der Waals surface area contributed by atoms with E-state index in [4.69, 9.17) is 19.0 Å². The Morgan fingerprint density at radius 1 is 0.839 bits per heavy atom. The van der Waals surface area contributed by atoms with Gasteiger partial charge in [-0.15, -0.1) is 0 Å². The summed E-state index contributed by atoms with van der Waals surface area (Å²) in [5.74, 6) is -2.70. The number of phenols is 1. The average molecular weight is 836 g/mol. The fraction of sp³-hybridized carbons (Fsp3) is 0.300. The quantitative estimate of drug-likeness (QED) is 0.126. The van der Waals surface area contributed by atoms with Crippen molar-refractivity contribution in [2.75, 3.05) is 20.2 Å². The smallest absolute Gasteiger partial charge is 0.327 e. The third-order valence-electron chi connectivity index (χ3n) is 12.6. The number of nitrogens with zero attached hydrogens (tertiary/aromatic N) is 2. The third-order valence-corrected chi connectivity index (χ3v) is 12.6. The van der Waals surface area contributed by atoms with Gasteiger partial charge in [0, 0.05) is 37.6 Å². The number of benzene rings is 5. The van der Waals surface area contributed by atoms with E-state index in [0.29, 0.717) is 6.42 Å². The van der Waals surface area contributed by atoms with E-state index >= 15 is 4.79 Å². The maximum atomic E-state index is 15.7. The zero-order valence-corrected chi connectivity index (χ0v) is 34.3. The number of carbonyl (C=O) groups is 3. The Hall–Kier alpha value is -6.15. The number of ether oxygens (including phenoxy) is 3. The van der Waals surface area contributed by atoms with Gasteiger partial charge in [0.15, 0.2) is 6.04 Å². The molecule has 12 heteroatoms. The maximum Gasteiger partial charge on any atom is 0.327 e. The predicted molar refractivity (Wildman–Crippen MR) is 229 cm³/mol.